The Labute approximate surface area is 119 Å². The number of fused-ring (bicyclic) bond motifs is 1. The van der Waals surface area contributed by atoms with Gasteiger partial charge in [0.05, 0.1) is 11.2 Å². The summed E-state index contributed by atoms with van der Waals surface area (Å²) in [6.07, 6.45) is 4.01. The van der Waals surface area contributed by atoms with Crippen LogP contribution in [-0.4, -0.2) is 39.2 Å². The highest BCUT2D eigenvalue weighted by molar-refractivity contribution is 7.90. The first-order chi connectivity index (χ1) is 9.47. The molecule has 0 saturated heterocycles. The first-order valence-corrected chi connectivity index (χ1v) is 7.76. The van der Waals surface area contributed by atoms with Crippen LogP contribution in [0.2, 0.25) is 5.02 Å². The summed E-state index contributed by atoms with van der Waals surface area (Å²) in [5.41, 5.74) is 0.832. The molecule has 0 N–H and O–H groups in total. The van der Waals surface area contributed by atoms with Gasteiger partial charge in [-0.1, -0.05) is 17.7 Å². The van der Waals surface area contributed by atoms with Gasteiger partial charge in [0, 0.05) is 12.5 Å². The van der Waals surface area contributed by atoms with E-state index >= 15 is 0 Å². The third-order valence-corrected chi connectivity index (χ3v) is 3.72. The van der Waals surface area contributed by atoms with E-state index in [9.17, 15) is 8.42 Å². The fraction of sp³-hybridized carbons (Fsp3) is 0.0909. The largest absolute Gasteiger partial charge is 0.281 e. The smallest absolute Gasteiger partial charge is 0.247 e. The van der Waals surface area contributed by atoms with E-state index < -0.39 is 9.84 Å². The highest BCUT2D eigenvalue weighted by atomic mass is 35.5. The molecule has 7 nitrogen and oxygen atoms in total. The van der Waals surface area contributed by atoms with Gasteiger partial charge in [0.1, 0.15) is 5.69 Å². The molecule has 0 radical (unpaired) electrons. The van der Waals surface area contributed by atoms with E-state index in [4.69, 9.17) is 11.6 Å². The predicted molar refractivity (Wildman–Crippen MR) is 72.1 cm³/mol. The van der Waals surface area contributed by atoms with E-state index in [1.165, 1.54) is 6.20 Å². The van der Waals surface area contributed by atoms with Crippen LogP contribution in [0.3, 0.4) is 0 Å². The fourth-order valence-electron chi connectivity index (χ4n) is 1.69. The van der Waals surface area contributed by atoms with Crippen LogP contribution in [0.4, 0.5) is 0 Å². The van der Waals surface area contributed by atoms with Gasteiger partial charge >= 0.3 is 0 Å². The van der Waals surface area contributed by atoms with Crippen molar-refractivity contribution in [2.45, 2.75) is 5.16 Å². The molecule has 3 heterocycles. The summed E-state index contributed by atoms with van der Waals surface area (Å²) in [6, 6.07) is 5.38. The number of sulfone groups is 1. The molecule has 0 aromatic carbocycles. The number of hydrogen-bond donors (Lipinski definition) is 0. The van der Waals surface area contributed by atoms with E-state index in [1.54, 1.807) is 22.7 Å². The third kappa shape index (κ3) is 2.12. The van der Waals surface area contributed by atoms with E-state index in [0.29, 0.717) is 11.5 Å². The monoisotopic (exact) mass is 309 g/mol. The Balaban J connectivity index is 2.29. The Morgan fingerprint density at radius 2 is 2.05 bits per heavy atom. The summed E-state index contributed by atoms with van der Waals surface area (Å²) >= 11 is 6.04. The quantitative estimate of drug-likeness (QED) is 0.662. The molecule has 0 aliphatic carbocycles. The molecule has 9 heteroatoms. The number of rotatable bonds is 2. The van der Waals surface area contributed by atoms with E-state index in [1.807, 2.05) is 6.07 Å². The maximum Gasteiger partial charge on any atom is 0.247 e. The zero-order valence-electron chi connectivity index (χ0n) is 10.2. The Bertz CT molecular complexity index is 906. The van der Waals surface area contributed by atoms with Crippen molar-refractivity contribution in [2.75, 3.05) is 6.26 Å². The Hall–Kier alpha value is -2.06. The molecule has 0 aliphatic heterocycles. The minimum atomic E-state index is -3.52. The fourth-order valence-corrected chi connectivity index (χ4v) is 2.37. The van der Waals surface area contributed by atoms with Crippen molar-refractivity contribution in [1.29, 1.82) is 0 Å². The highest BCUT2D eigenvalue weighted by Crippen LogP contribution is 2.24. The van der Waals surface area contributed by atoms with Crippen molar-refractivity contribution < 1.29 is 8.42 Å². The normalized spacial score (nSPS) is 11.9. The van der Waals surface area contributed by atoms with Crippen LogP contribution in [0.1, 0.15) is 0 Å². The van der Waals surface area contributed by atoms with Crippen LogP contribution in [0.15, 0.2) is 35.7 Å². The van der Waals surface area contributed by atoms with E-state index in [2.05, 4.69) is 20.2 Å². The zero-order valence-corrected chi connectivity index (χ0v) is 11.8. The van der Waals surface area contributed by atoms with Crippen LogP contribution >= 0.6 is 11.6 Å². The first kappa shape index (κ1) is 12.9. The van der Waals surface area contributed by atoms with E-state index in [-0.39, 0.29) is 15.9 Å². The summed E-state index contributed by atoms with van der Waals surface area (Å²) in [5, 5.41) is 7.87. The van der Waals surface area contributed by atoms with E-state index in [0.717, 1.165) is 6.26 Å². The van der Waals surface area contributed by atoms with Crippen LogP contribution in [0, 0.1) is 0 Å². The summed E-state index contributed by atoms with van der Waals surface area (Å²) in [6.45, 7) is 0. The van der Waals surface area contributed by atoms with Crippen LogP contribution in [0.25, 0.3) is 17.2 Å². The van der Waals surface area contributed by atoms with Gasteiger partial charge in [-0.05, 0) is 12.1 Å². The Morgan fingerprint density at radius 1 is 1.25 bits per heavy atom. The molecule has 0 fully saturated rings. The minimum absolute atomic E-state index is 0.204. The molecule has 3 aromatic heterocycles. The molecule has 0 amide bonds. The molecule has 3 rings (SSSR count). The second kappa shape index (κ2) is 4.50. The minimum Gasteiger partial charge on any atom is -0.281 e. The van der Waals surface area contributed by atoms with Gasteiger partial charge < -0.3 is 0 Å². The summed E-state index contributed by atoms with van der Waals surface area (Å²) in [4.78, 5) is 7.69. The van der Waals surface area contributed by atoms with Crippen LogP contribution in [0.5, 0.6) is 0 Å². The van der Waals surface area contributed by atoms with Gasteiger partial charge in [0.25, 0.3) is 0 Å². The number of aromatic nitrogens is 5. The van der Waals surface area contributed by atoms with Crippen LogP contribution < -0.4 is 0 Å². The molecular formula is C11H8ClN5O2S. The number of halogens is 1. The lowest BCUT2D eigenvalue weighted by atomic mass is 10.4. The van der Waals surface area contributed by atoms with Gasteiger partial charge in [0.15, 0.2) is 11.5 Å². The lowest BCUT2D eigenvalue weighted by Crippen LogP contribution is -2.06. The summed E-state index contributed by atoms with van der Waals surface area (Å²) < 4.78 is 24.7. The maximum atomic E-state index is 11.5. The predicted octanol–water partition coefficient (Wildman–Crippen LogP) is 1.24. The lowest BCUT2D eigenvalue weighted by Gasteiger charge is -2.03. The number of pyridine rings is 1. The first-order valence-electron chi connectivity index (χ1n) is 5.49. The van der Waals surface area contributed by atoms with Gasteiger partial charge in [-0.25, -0.2) is 18.4 Å². The Morgan fingerprint density at radius 3 is 2.80 bits per heavy atom. The average molecular weight is 310 g/mol. The van der Waals surface area contributed by atoms with Gasteiger partial charge in [-0.2, -0.15) is 0 Å². The van der Waals surface area contributed by atoms with Crippen molar-refractivity contribution in [3.05, 3.63) is 35.6 Å². The molecule has 3 aromatic rings. The second-order valence-electron chi connectivity index (χ2n) is 4.07. The second-order valence-corrected chi connectivity index (χ2v) is 6.39. The Kier molecular flexibility index (Phi) is 2.91. The molecular weight excluding hydrogens is 302 g/mol. The van der Waals surface area contributed by atoms with Crippen molar-refractivity contribution in [1.82, 2.24) is 24.6 Å². The van der Waals surface area contributed by atoms with Crippen molar-refractivity contribution in [3.63, 3.8) is 0 Å². The maximum absolute atomic E-state index is 11.5. The topological polar surface area (TPSA) is 90.1 Å². The molecule has 102 valence electrons. The van der Waals surface area contributed by atoms with Crippen molar-refractivity contribution in [2.24, 2.45) is 0 Å². The zero-order chi connectivity index (χ0) is 14.3. The lowest BCUT2D eigenvalue weighted by molar-refractivity contribution is 0.593. The van der Waals surface area contributed by atoms with Gasteiger partial charge in [0.2, 0.25) is 15.0 Å². The molecule has 0 bridgehead atoms. The standard InChI is InChI=1S/C11H8ClN5O2S/c1-20(18,19)11-13-6-7(12)9(14-11)10-16-15-8-4-2-3-5-17(8)10/h2-6H,1H3. The molecule has 20 heavy (non-hydrogen) atoms. The molecule has 0 spiro atoms. The third-order valence-electron chi connectivity index (χ3n) is 2.58. The number of nitrogens with zero attached hydrogens (tertiary/aromatic N) is 5. The molecule has 0 saturated carbocycles. The van der Waals surface area contributed by atoms with Crippen molar-refractivity contribution in [3.8, 4) is 11.5 Å². The van der Waals surface area contributed by atoms with Gasteiger partial charge in [-0.15, -0.1) is 10.2 Å². The van der Waals surface area contributed by atoms with Gasteiger partial charge in [-0.3, -0.25) is 4.40 Å². The summed E-state index contributed by atoms with van der Waals surface area (Å²) in [7, 11) is -3.52. The molecule has 0 unspecified atom stereocenters. The average Bonchev–Trinajstić information content (AvgIpc) is 2.82. The summed E-state index contributed by atoms with van der Waals surface area (Å²) in [5.74, 6) is 0.359. The highest BCUT2D eigenvalue weighted by Gasteiger charge is 2.18. The van der Waals surface area contributed by atoms with Crippen molar-refractivity contribution >= 4 is 27.1 Å². The molecule has 0 aliphatic rings. The SMILES string of the molecule is CS(=O)(=O)c1ncc(Cl)c(-c2nnc3ccccn23)n1. The number of hydrogen-bond acceptors (Lipinski definition) is 6. The van der Waals surface area contributed by atoms with Crippen LogP contribution in [-0.2, 0) is 9.84 Å². The molecule has 0 atom stereocenters.